The third-order valence-corrected chi connectivity index (χ3v) is 4.78. The zero-order valence-electron chi connectivity index (χ0n) is 13.3. The maximum Gasteiger partial charge on any atom is 0.227 e. The van der Waals surface area contributed by atoms with Crippen LogP contribution in [-0.2, 0) is 11.2 Å². The standard InChI is InChI=1S/C17H21FN2O3/c1-10-12(11-4-3-5-13(18)16(11)19-10)8-15(22)20-7-6-17(2,23)14(21)9-20/h3-5,14,19,21,23H,6-9H2,1-2H3. The number of aliphatic hydroxyl groups excluding tert-OH is 1. The summed E-state index contributed by atoms with van der Waals surface area (Å²) >= 11 is 0. The minimum atomic E-state index is -1.16. The van der Waals surface area contributed by atoms with Crippen LogP contribution in [0, 0.1) is 12.7 Å². The van der Waals surface area contributed by atoms with E-state index in [1.54, 1.807) is 24.0 Å². The highest BCUT2D eigenvalue weighted by Crippen LogP contribution is 2.27. The Bertz CT molecular complexity index is 754. The van der Waals surface area contributed by atoms with E-state index in [9.17, 15) is 19.4 Å². The number of para-hydroxylation sites is 1. The predicted molar refractivity (Wildman–Crippen MR) is 84.5 cm³/mol. The molecule has 3 rings (SSSR count). The number of likely N-dealkylation sites (tertiary alicyclic amines) is 1. The highest BCUT2D eigenvalue weighted by atomic mass is 19.1. The van der Waals surface area contributed by atoms with Crippen LogP contribution in [0.15, 0.2) is 18.2 Å². The molecule has 1 fully saturated rings. The number of carbonyl (C=O) groups excluding carboxylic acids is 1. The average molecular weight is 320 g/mol. The number of piperidine rings is 1. The van der Waals surface area contributed by atoms with Crippen molar-refractivity contribution in [1.82, 2.24) is 9.88 Å². The SMILES string of the molecule is Cc1[nH]c2c(F)cccc2c1CC(=O)N1CCC(C)(O)C(O)C1. The number of aromatic nitrogens is 1. The third kappa shape index (κ3) is 2.84. The van der Waals surface area contributed by atoms with E-state index < -0.39 is 11.7 Å². The molecule has 0 aliphatic carbocycles. The van der Waals surface area contributed by atoms with E-state index in [1.165, 1.54) is 6.07 Å². The predicted octanol–water partition coefficient (Wildman–Crippen LogP) is 1.50. The van der Waals surface area contributed by atoms with Crippen LogP contribution in [0.5, 0.6) is 0 Å². The lowest BCUT2D eigenvalue weighted by molar-refractivity contribution is -0.145. The molecule has 0 bridgehead atoms. The van der Waals surface area contributed by atoms with E-state index in [0.29, 0.717) is 23.9 Å². The first kappa shape index (κ1) is 16.0. The molecule has 1 amide bonds. The number of nitrogens with one attached hydrogen (secondary N) is 1. The Balaban J connectivity index is 1.82. The Morgan fingerprint density at radius 3 is 2.96 bits per heavy atom. The molecule has 1 aromatic carbocycles. The van der Waals surface area contributed by atoms with Gasteiger partial charge >= 0.3 is 0 Å². The number of nitrogens with zero attached hydrogens (tertiary/aromatic N) is 1. The average Bonchev–Trinajstić information content (AvgIpc) is 2.80. The van der Waals surface area contributed by atoms with Gasteiger partial charge in [0.15, 0.2) is 0 Å². The van der Waals surface area contributed by atoms with Crippen LogP contribution in [0.3, 0.4) is 0 Å². The fraction of sp³-hybridized carbons (Fsp3) is 0.471. The summed E-state index contributed by atoms with van der Waals surface area (Å²) in [4.78, 5) is 17.1. The van der Waals surface area contributed by atoms with Crippen molar-refractivity contribution in [3.05, 3.63) is 35.3 Å². The molecular weight excluding hydrogens is 299 g/mol. The number of rotatable bonds is 2. The summed E-state index contributed by atoms with van der Waals surface area (Å²) in [6, 6.07) is 4.80. The molecule has 2 unspecified atom stereocenters. The number of aromatic amines is 1. The van der Waals surface area contributed by atoms with Crippen molar-refractivity contribution in [2.75, 3.05) is 13.1 Å². The molecule has 0 radical (unpaired) electrons. The normalized spacial score (nSPS) is 25.1. The summed E-state index contributed by atoms with van der Waals surface area (Å²) < 4.78 is 13.8. The van der Waals surface area contributed by atoms with E-state index in [2.05, 4.69) is 4.98 Å². The minimum Gasteiger partial charge on any atom is -0.388 e. The molecule has 2 aromatic rings. The molecule has 6 heteroatoms. The van der Waals surface area contributed by atoms with Crippen LogP contribution in [0.4, 0.5) is 4.39 Å². The maximum absolute atomic E-state index is 13.8. The van der Waals surface area contributed by atoms with Crippen molar-refractivity contribution in [1.29, 1.82) is 0 Å². The number of carbonyl (C=O) groups is 1. The van der Waals surface area contributed by atoms with Crippen molar-refractivity contribution in [2.45, 2.75) is 38.4 Å². The summed E-state index contributed by atoms with van der Waals surface area (Å²) in [6.07, 6.45) is -0.479. The summed E-state index contributed by atoms with van der Waals surface area (Å²) in [5, 5.41) is 20.6. The molecule has 1 aliphatic heterocycles. The zero-order valence-corrected chi connectivity index (χ0v) is 13.3. The van der Waals surface area contributed by atoms with Crippen LogP contribution < -0.4 is 0 Å². The van der Waals surface area contributed by atoms with Crippen LogP contribution in [0.25, 0.3) is 10.9 Å². The fourth-order valence-electron chi connectivity index (χ4n) is 3.11. The van der Waals surface area contributed by atoms with Gasteiger partial charge in [0.25, 0.3) is 0 Å². The highest BCUT2D eigenvalue weighted by molar-refractivity contribution is 5.90. The molecule has 1 aromatic heterocycles. The molecule has 23 heavy (non-hydrogen) atoms. The summed E-state index contributed by atoms with van der Waals surface area (Å²) in [5.74, 6) is -0.471. The Labute approximate surface area is 133 Å². The summed E-state index contributed by atoms with van der Waals surface area (Å²) in [5.41, 5.74) is 0.796. The molecule has 1 saturated heterocycles. The number of aryl methyl sites for hydroxylation is 1. The van der Waals surface area contributed by atoms with Gasteiger partial charge < -0.3 is 20.1 Å². The Kier molecular flexibility index (Phi) is 3.90. The van der Waals surface area contributed by atoms with Gasteiger partial charge in [0.2, 0.25) is 5.91 Å². The summed E-state index contributed by atoms with van der Waals surface area (Å²) in [7, 11) is 0. The Morgan fingerprint density at radius 1 is 1.52 bits per heavy atom. The topological polar surface area (TPSA) is 76.6 Å². The molecule has 0 spiro atoms. The van der Waals surface area contributed by atoms with Crippen LogP contribution >= 0.6 is 0 Å². The molecule has 1 aliphatic rings. The third-order valence-electron chi connectivity index (χ3n) is 4.78. The quantitative estimate of drug-likeness (QED) is 0.785. The second kappa shape index (κ2) is 5.62. The van der Waals surface area contributed by atoms with Crippen LogP contribution in [0.1, 0.15) is 24.6 Å². The second-order valence-corrected chi connectivity index (χ2v) is 6.53. The smallest absolute Gasteiger partial charge is 0.227 e. The number of halogens is 1. The molecular formula is C17H21FN2O3. The molecule has 2 atom stereocenters. The Morgan fingerprint density at radius 2 is 2.26 bits per heavy atom. The van der Waals surface area contributed by atoms with Gasteiger partial charge in [0.1, 0.15) is 5.82 Å². The second-order valence-electron chi connectivity index (χ2n) is 6.53. The summed E-state index contributed by atoms with van der Waals surface area (Å²) in [6.45, 7) is 3.91. The van der Waals surface area contributed by atoms with Crippen LogP contribution in [-0.4, -0.2) is 50.8 Å². The number of aliphatic hydroxyl groups is 2. The fourth-order valence-corrected chi connectivity index (χ4v) is 3.11. The van der Waals surface area contributed by atoms with Crippen LogP contribution in [0.2, 0.25) is 0 Å². The van der Waals surface area contributed by atoms with Crippen molar-refractivity contribution in [3.8, 4) is 0 Å². The minimum absolute atomic E-state index is 0.113. The first-order valence-corrected chi connectivity index (χ1v) is 7.73. The number of fused-ring (bicyclic) bond motifs is 1. The molecule has 2 heterocycles. The highest BCUT2D eigenvalue weighted by Gasteiger charge is 2.37. The molecule has 3 N–H and O–H groups in total. The number of H-pyrrole nitrogens is 1. The van der Waals surface area contributed by atoms with E-state index in [4.69, 9.17) is 0 Å². The number of hydrogen-bond donors (Lipinski definition) is 3. The molecule has 0 saturated carbocycles. The van der Waals surface area contributed by atoms with E-state index in [0.717, 1.165) is 11.3 Å². The Hall–Kier alpha value is -1.92. The van der Waals surface area contributed by atoms with Gasteiger partial charge in [-0.2, -0.15) is 0 Å². The maximum atomic E-state index is 13.8. The van der Waals surface area contributed by atoms with Crippen molar-refractivity contribution < 1.29 is 19.4 Å². The van der Waals surface area contributed by atoms with Gasteiger partial charge in [-0.25, -0.2) is 4.39 Å². The van der Waals surface area contributed by atoms with E-state index in [1.807, 2.05) is 6.92 Å². The van der Waals surface area contributed by atoms with Gasteiger partial charge in [0, 0.05) is 24.2 Å². The van der Waals surface area contributed by atoms with E-state index >= 15 is 0 Å². The van der Waals surface area contributed by atoms with Crippen molar-refractivity contribution in [2.24, 2.45) is 0 Å². The van der Waals surface area contributed by atoms with Crippen molar-refractivity contribution >= 4 is 16.8 Å². The van der Waals surface area contributed by atoms with Gasteiger partial charge in [-0.3, -0.25) is 4.79 Å². The van der Waals surface area contributed by atoms with Gasteiger partial charge in [-0.05, 0) is 31.9 Å². The zero-order chi connectivity index (χ0) is 16.8. The lowest BCUT2D eigenvalue weighted by atomic mass is 9.90. The van der Waals surface area contributed by atoms with E-state index in [-0.39, 0.29) is 24.7 Å². The molecule has 124 valence electrons. The van der Waals surface area contributed by atoms with Gasteiger partial charge in [-0.15, -0.1) is 0 Å². The molecule has 5 nitrogen and oxygen atoms in total. The number of benzene rings is 1. The number of hydrogen-bond acceptors (Lipinski definition) is 3. The first-order chi connectivity index (χ1) is 10.8. The first-order valence-electron chi connectivity index (χ1n) is 7.73. The van der Waals surface area contributed by atoms with Gasteiger partial charge in [0.05, 0.1) is 23.6 Å². The number of amides is 1. The van der Waals surface area contributed by atoms with Crippen molar-refractivity contribution in [3.63, 3.8) is 0 Å². The lowest BCUT2D eigenvalue weighted by Gasteiger charge is -2.40. The van der Waals surface area contributed by atoms with Gasteiger partial charge in [-0.1, -0.05) is 12.1 Å². The number of β-amino-alcohol motifs (C(OH)–C–C–N with tert-alkyl or cyclic N) is 1. The largest absolute Gasteiger partial charge is 0.388 e. The lowest BCUT2D eigenvalue weighted by Crippen LogP contribution is -2.55. The monoisotopic (exact) mass is 320 g/mol.